The first-order valence-corrected chi connectivity index (χ1v) is 8.47. The van der Waals surface area contributed by atoms with E-state index in [0.29, 0.717) is 6.42 Å². The molecular weight excluding hydrogens is 396 g/mol. The van der Waals surface area contributed by atoms with Gasteiger partial charge in [0.2, 0.25) is 0 Å². The van der Waals surface area contributed by atoms with Crippen LogP contribution in [0.4, 0.5) is 0 Å². The summed E-state index contributed by atoms with van der Waals surface area (Å²) in [6, 6.07) is 11.9. The lowest BCUT2D eigenvalue weighted by molar-refractivity contribution is 0.0562. The molecule has 0 radical (unpaired) electrons. The SMILES string of the molecule is CC(O)(Cc1cc(Br)cc2c1OCC2)c1ccccc1Br. The van der Waals surface area contributed by atoms with Crippen molar-refractivity contribution < 1.29 is 9.84 Å². The summed E-state index contributed by atoms with van der Waals surface area (Å²) in [7, 11) is 0. The minimum atomic E-state index is -0.958. The average molecular weight is 412 g/mol. The van der Waals surface area contributed by atoms with Crippen LogP contribution in [0.5, 0.6) is 5.75 Å². The monoisotopic (exact) mass is 410 g/mol. The van der Waals surface area contributed by atoms with E-state index in [1.807, 2.05) is 37.3 Å². The van der Waals surface area contributed by atoms with Crippen LogP contribution >= 0.6 is 31.9 Å². The highest BCUT2D eigenvalue weighted by Crippen LogP contribution is 2.38. The summed E-state index contributed by atoms with van der Waals surface area (Å²) < 4.78 is 7.70. The van der Waals surface area contributed by atoms with Gasteiger partial charge in [-0.25, -0.2) is 0 Å². The fourth-order valence-corrected chi connectivity index (χ4v) is 4.11. The van der Waals surface area contributed by atoms with E-state index in [0.717, 1.165) is 38.8 Å². The summed E-state index contributed by atoms with van der Waals surface area (Å²) in [5, 5.41) is 10.9. The summed E-state index contributed by atoms with van der Waals surface area (Å²) in [6.45, 7) is 2.56. The molecule has 4 heteroatoms. The average Bonchev–Trinajstić information content (AvgIpc) is 2.86. The van der Waals surface area contributed by atoms with Crippen molar-refractivity contribution in [3.63, 3.8) is 0 Å². The van der Waals surface area contributed by atoms with Crippen molar-refractivity contribution in [2.24, 2.45) is 0 Å². The Morgan fingerprint density at radius 1 is 1.24 bits per heavy atom. The molecule has 2 nitrogen and oxygen atoms in total. The van der Waals surface area contributed by atoms with Gasteiger partial charge in [0.25, 0.3) is 0 Å². The van der Waals surface area contributed by atoms with Gasteiger partial charge in [-0.15, -0.1) is 0 Å². The topological polar surface area (TPSA) is 29.5 Å². The fourth-order valence-electron chi connectivity index (χ4n) is 2.84. The zero-order chi connectivity index (χ0) is 15.0. The van der Waals surface area contributed by atoms with Crippen molar-refractivity contribution in [1.29, 1.82) is 0 Å². The number of benzene rings is 2. The van der Waals surface area contributed by atoms with Crippen LogP contribution in [0.1, 0.15) is 23.6 Å². The van der Waals surface area contributed by atoms with E-state index in [9.17, 15) is 5.11 Å². The van der Waals surface area contributed by atoms with Gasteiger partial charge in [-0.05, 0) is 41.8 Å². The first-order chi connectivity index (χ1) is 9.97. The summed E-state index contributed by atoms with van der Waals surface area (Å²) in [5.74, 6) is 0.936. The Morgan fingerprint density at radius 2 is 2.00 bits per heavy atom. The van der Waals surface area contributed by atoms with E-state index in [2.05, 4.69) is 37.9 Å². The molecule has 2 aromatic carbocycles. The van der Waals surface area contributed by atoms with Gasteiger partial charge >= 0.3 is 0 Å². The third kappa shape index (κ3) is 3.03. The number of hydrogen-bond acceptors (Lipinski definition) is 2. The molecule has 1 aliphatic heterocycles. The molecular formula is C17H16Br2O2. The standard InChI is InChI=1S/C17H16Br2O2/c1-17(20,14-4-2-3-5-15(14)19)10-12-9-13(18)8-11-6-7-21-16(11)12/h2-5,8-9,20H,6-7,10H2,1H3. The van der Waals surface area contributed by atoms with Crippen molar-refractivity contribution in [2.75, 3.05) is 6.61 Å². The quantitative estimate of drug-likeness (QED) is 0.799. The second-order valence-electron chi connectivity index (χ2n) is 5.58. The summed E-state index contributed by atoms with van der Waals surface area (Å²) in [6.07, 6.45) is 1.44. The fraction of sp³-hybridized carbons (Fsp3) is 0.294. The van der Waals surface area contributed by atoms with Gasteiger partial charge in [0.05, 0.1) is 12.2 Å². The van der Waals surface area contributed by atoms with Crippen molar-refractivity contribution in [1.82, 2.24) is 0 Å². The van der Waals surface area contributed by atoms with E-state index >= 15 is 0 Å². The molecule has 3 rings (SSSR count). The highest BCUT2D eigenvalue weighted by atomic mass is 79.9. The molecule has 110 valence electrons. The van der Waals surface area contributed by atoms with Gasteiger partial charge in [0.1, 0.15) is 5.75 Å². The molecule has 0 fully saturated rings. The van der Waals surface area contributed by atoms with Gasteiger partial charge in [-0.3, -0.25) is 0 Å². The van der Waals surface area contributed by atoms with Crippen LogP contribution in [-0.2, 0) is 18.4 Å². The summed E-state index contributed by atoms with van der Waals surface area (Å²) >= 11 is 7.07. The Morgan fingerprint density at radius 3 is 2.76 bits per heavy atom. The molecule has 0 bridgehead atoms. The highest BCUT2D eigenvalue weighted by Gasteiger charge is 2.29. The zero-order valence-corrected chi connectivity index (χ0v) is 14.9. The van der Waals surface area contributed by atoms with Gasteiger partial charge in [-0.2, -0.15) is 0 Å². The van der Waals surface area contributed by atoms with Crippen LogP contribution in [0.15, 0.2) is 45.3 Å². The van der Waals surface area contributed by atoms with E-state index in [-0.39, 0.29) is 0 Å². The summed E-state index contributed by atoms with van der Waals surface area (Å²) in [5.41, 5.74) is 2.18. The van der Waals surface area contributed by atoms with Crippen molar-refractivity contribution >= 4 is 31.9 Å². The Hall–Kier alpha value is -0.840. The predicted octanol–water partition coefficient (Wildman–Crippen LogP) is 4.60. The van der Waals surface area contributed by atoms with Crippen LogP contribution < -0.4 is 4.74 Å². The molecule has 0 saturated carbocycles. The van der Waals surface area contributed by atoms with Crippen molar-refractivity contribution in [2.45, 2.75) is 25.4 Å². The van der Waals surface area contributed by atoms with Crippen molar-refractivity contribution in [3.8, 4) is 5.75 Å². The molecule has 0 spiro atoms. The van der Waals surface area contributed by atoms with E-state index < -0.39 is 5.60 Å². The summed E-state index contributed by atoms with van der Waals surface area (Å²) in [4.78, 5) is 0. The second kappa shape index (κ2) is 5.75. The largest absolute Gasteiger partial charge is 0.493 e. The van der Waals surface area contributed by atoms with Crippen LogP contribution in [0.25, 0.3) is 0 Å². The Labute approximate surface area is 141 Å². The number of aliphatic hydroxyl groups is 1. The normalized spacial score (nSPS) is 16.2. The van der Waals surface area contributed by atoms with E-state index in [1.165, 1.54) is 5.56 Å². The van der Waals surface area contributed by atoms with E-state index in [1.54, 1.807) is 0 Å². The van der Waals surface area contributed by atoms with Crippen LogP contribution in [0.3, 0.4) is 0 Å². The predicted molar refractivity (Wildman–Crippen MR) is 90.8 cm³/mol. The minimum absolute atomic E-state index is 0.511. The van der Waals surface area contributed by atoms with Crippen LogP contribution in [0.2, 0.25) is 0 Å². The molecule has 1 heterocycles. The second-order valence-corrected chi connectivity index (χ2v) is 7.35. The Kier molecular flexibility index (Phi) is 4.12. The molecule has 0 saturated heterocycles. The minimum Gasteiger partial charge on any atom is -0.493 e. The Balaban J connectivity index is 1.99. The lowest BCUT2D eigenvalue weighted by Crippen LogP contribution is -2.25. The number of ether oxygens (including phenoxy) is 1. The lowest BCUT2D eigenvalue weighted by Gasteiger charge is -2.26. The van der Waals surface area contributed by atoms with Gasteiger partial charge in [-0.1, -0.05) is 50.1 Å². The molecule has 0 aromatic heterocycles. The van der Waals surface area contributed by atoms with Crippen LogP contribution in [0, 0.1) is 0 Å². The highest BCUT2D eigenvalue weighted by molar-refractivity contribution is 9.10. The number of rotatable bonds is 3. The maximum absolute atomic E-state index is 10.9. The molecule has 21 heavy (non-hydrogen) atoms. The zero-order valence-electron chi connectivity index (χ0n) is 11.7. The molecule has 0 aliphatic carbocycles. The molecule has 1 aliphatic rings. The van der Waals surface area contributed by atoms with Crippen molar-refractivity contribution in [3.05, 3.63) is 62.0 Å². The third-order valence-electron chi connectivity index (χ3n) is 3.81. The maximum Gasteiger partial charge on any atom is 0.126 e. The Bertz CT molecular complexity index is 680. The first kappa shape index (κ1) is 15.1. The number of hydrogen-bond donors (Lipinski definition) is 1. The number of halogens is 2. The number of fused-ring (bicyclic) bond motifs is 1. The third-order valence-corrected chi connectivity index (χ3v) is 4.96. The lowest BCUT2D eigenvalue weighted by atomic mass is 9.88. The smallest absolute Gasteiger partial charge is 0.126 e. The van der Waals surface area contributed by atoms with Gasteiger partial charge in [0, 0.05) is 21.8 Å². The maximum atomic E-state index is 10.9. The van der Waals surface area contributed by atoms with E-state index in [4.69, 9.17) is 4.74 Å². The molecule has 2 aromatic rings. The van der Waals surface area contributed by atoms with Gasteiger partial charge in [0.15, 0.2) is 0 Å². The van der Waals surface area contributed by atoms with Crippen LogP contribution in [-0.4, -0.2) is 11.7 Å². The van der Waals surface area contributed by atoms with Gasteiger partial charge < -0.3 is 9.84 Å². The molecule has 1 unspecified atom stereocenters. The molecule has 1 N–H and O–H groups in total. The molecule has 0 amide bonds. The first-order valence-electron chi connectivity index (χ1n) is 6.89. The molecule has 1 atom stereocenters.